The molecule has 1 amide bonds. The molecule has 0 spiro atoms. The molecule has 1 aliphatic heterocycles. The molecule has 3 rings (SSSR count). The van der Waals surface area contributed by atoms with Gasteiger partial charge in [0.1, 0.15) is 11.6 Å². The molecule has 0 bridgehead atoms. The van der Waals surface area contributed by atoms with E-state index in [0.29, 0.717) is 24.2 Å². The summed E-state index contributed by atoms with van der Waals surface area (Å²) >= 11 is 0. The summed E-state index contributed by atoms with van der Waals surface area (Å²) in [7, 11) is 0. The third kappa shape index (κ3) is 2.36. The number of phenols is 1. The van der Waals surface area contributed by atoms with Crippen LogP contribution in [0.25, 0.3) is 0 Å². The predicted octanol–water partition coefficient (Wildman–Crippen LogP) is 2.62. The molecule has 0 fully saturated rings. The van der Waals surface area contributed by atoms with Gasteiger partial charge in [0.2, 0.25) is 0 Å². The first-order valence-corrected chi connectivity index (χ1v) is 6.65. The highest BCUT2D eigenvalue weighted by molar-refractivity contribution is 6.08. The van der Waals surface area contributed by atoms with E-state index in [9.17, 15) is 19.4 Å². The van der Waals surface area contributed by atoms with Gasteiger partial charge in [0.25, 0.3) is 5.91 Å². The second-order valence-corrected chi connectivity index (χ2v) is 4.98. The fraction of sp³-hybridized carbons (Fsp3) is 0.188. The van der Waals surface area contributed by atoms with Gasteiger partial charge in [0.05, 0.1) is 11.7 Å². The third-order valence-electron chi connectivity index (χ3n) is 3.65. The highest BCUT2D eigenvalue weighted by atomic mass is 19.1. The number of carbonyl (C=O) groups excluding carboxylic acids is 1. The standard InChI is InChI=1S/C16H14FNO3/c17-10-5-6-14(19)12(9-10)16(21)18-8-7-15(20)11-3-1-2-4-13(11)18/h1-6,9,15,19-20H,7-8H2. The minimum absolute atomic E-state index is 0.0822. The monoisotopic (exact) mass is 287 g/mol. The molecule has 0 saturated carbocycles. The SMILES string of the molecule is O=C(c1cc(F)ccc1O)N1CCC(O)c2ccccc21. The predicted molar refractivity (Wildman–Crippen MR) is 75.8 cm³/mol. The number of halogens is 1. The molecule has 2 aromatic rings. The van der Waals surface area contributed by atoms with E-state index in [0.717, 1.165) is 18.2 Å². The Morgan fingerprint density at radius 2 is 2.00 bits per heavy atom. The van der Waals surface area contributed by atoms with Crippen LogP contribution < -0.4 is 4.90 Å². The molecule has 2 N–H and O–H groups in total. The topological polar surface area (TPSA) is 60.8 Å². The van der Waals surface area contributed by atoms with Crippen molar-refractivity contribution in [2.45, 2.75) is 12.5 Å². The van der Waals surface area contributed by atoms with E-state index >= 15 is 0 Å². The first-order chi connectivity index (χ1) is 10.1. The number of para-hydroxylation sites is 1. The van der Waals surface area contributed by atoms with Crippen LogP contribution in [0, 0.1) is 5.82 Å². The smallest absolute Gasteiger partial charge is 0.262 e. The van der Waals surface area contributed by atoms with E-state index in [2.05, 4.69) is 0 Å². The van der Waals surface area contributed by atoms with Crippen LogP contribution in [-0.2, 0) is 0 Å². The van der Waals surface area contributed by atoms with Crippen LogP contribution in [0.4, 0.5) is 10.1 Å². The number of phenolic OH excluding ortho intramolecular Hbond substituents is 1. The lowest BCUT2D eigenvalue weighted by molar-refractivity contribution is 0.0967. The number of benzene rings is 2. The summed E-state index contributed by atoms with van der Waals surface area (Å²) in [4.78, 5) is 14.0. The number of aliphatic hydroxyl groups is 1. The number of nitrogens with zero attached hydrogens (tertiary/aromatic N) is 1. The summed E-state index contributed by atoms with van der Waals surface area (Å²) in [5.74, 6) is -1.32. The van der Waals surface area contributed by atoms with Gasteiger partial charge in [-0.15, -0.1) is 0 Å². The van der Waals surface area contributed by atoms with E-state index in [-0.39, 0.29) is 11.3 Å². The van der Waals surface area contributed by atoms with Crippen molar-refractivity contribution in [3.63, 3.8) is 0 Å². The van der Waals surface area contributed by atoms with Crippen LogP contribution in [0.2, 0.25) is 0 Å². The van der Waals surface area contributed by atoms with Crippen LogP contribution in [0.3, 0.4) is 0 Å². The number of amides is 1. The quantitative estimate of drug-likeness (QED) is 0.847. The Morgan fingerprint density at radius 3 is 2.81 bits per heavy atom. The van der Waals surface area contributed by atoms with Gasteiger partial charge in [0.15, 0.2) is 0 Å². The first kappa shape index (κ1) is 13.6. The van der Waals surface area contributed by atoms with Gasteiger partial charge in [-0.1, -0.05) is 18.2 Å². The minimum Gasteiger partial charge on any atom is -0.507 e. The Hall–Kier alpha value is -2.40. The van der Waals surface area contributed by atoms with Gasteiger partial charge in [0, 0.05) is 17.8 Å². The zero-order chi connectivity index (χ0) is 15.0. The number of rotatable bonds is 1. The fourth-order valence-corrected chi connectivity index (χ4v) is 2.58. The molecular formula is C16H14FNO3. The molecule has 0 radical (unpaired) electrons. The normalized spacial score (nSPS) is 17.4. The molecule has 1 aliphatic rings. The third-order valence-corrected chi connectivity index (χ3v) is 3.65. The summed E-state index contributed by atoms with van der Waals surface area (Å²) in [5, 5.41) is 19.8. The van der Waals surface area contributed by atoms with Crippen molar-refractivity contribution in [1.29, 1.82) is 0 Å². The fourth-order valence-electron chi connectivity index (χ4n) is 2.58. The Kier molecular flexibility index (Phi) is 3.35. The minimum atomic E-state index is -0.619. The average molecular weight is 287 g/mol. The highest BCUT2D eigenvalue weighted by Crippen LogP contribution is 2.35. The van der Waals surface area contributed by atoms with Crippen molar-refractivity contribution >= 4 is 11.6 Å². The zero-order valence-electron chi connectivity index (χ0n) is 11.2. The Labute approximate surface area is 121 Å². The summed E-state index contributed by atoms with van der Waals surface area (Å²) in [6.45, 7) is 0.312. The molecule has 1 heterocycles. The number of aromatic hydroxyl groups is 1. The van der Waals surface area contributed by atoms with E-state index < -0.39 is 17.8 Å². The second-order valence-electron chi connectivity index (χ2n) is 4.98. The molecule has 0 saturated heterocycles. The largest absolute Gasteiger partial charge is 0.507 e. The van der Waals surface area contributed by atoms with E-state index in [1.165, 1.54) is 4.90 Å². The lowest BCUT2D eigenvalue weighted by atomic mass is 9.98. The van der Waals surface area contributed by atoms with Crippen LogP contribution >= 0.6 is 0 Å². The average Bonchev–Trinajstić information content (AvgIpc) is 2.50. The van der Waals surface area contributed by atoms with E-state index in [1.54, 1.807) is 24.3 Å². The molecule has 0 aliphatic carbocycles. The molecule has 0 aromatic heterocycles. The lowest BCUT2D eigenvalue weighted by Gasteiger charge is -2.32. The molecule has 4 nitrogen and oxygen atoms in total. The maximum Gasteiger partial charge on any atom is 0.262 e. The highest BCUT2D eigenvalue weighted by Gasteiger charge is 2.29. The maximum atomic E-state index is 13.3. The summed E-state index contributed by atoms with van der Waals surface area (Å²) in [5.41, 5.74) is 1.17. The van der Waals surface area contributed by atoms with Crippen molar-refractivity contribution in [1.82, 2.24) is 0 Å². The van der Waals surface area contributed by atoms with E-state index in [1.807, 2.05) is 0 Å². The Balaban J connectivity index is 2.03. The van der Waals surface area contributed by atoms with Gasteiger partial charge in [-0.3, -0.25) is 4.79 Å². The van der Waals surface area contributed by atoms with Crippen molar-refractivity contribution in [3.8, 4) is 5.75 Å². The number of carbonyl (C=O) groups is 1. The second kappa shape index (κ2) is 5.18. The molecule has 1 unspecified atom stereocenters. The number of fused-ring (bicyclic) bond motifs is 1. The van der Waals surface area contributed by atoms with Crippen molar-refractivity contribution in [2.24, 2.45) is 0 Å². The number of hydrogen-bond donors (Lipinski definition) is 2. The maximum absolute atomic E-state index is 13.3. The molecule has 108 valence electrons. The Morgan fingerprint density at radius 1 is 1.24 bits per heavy atom. The molecule has 5 heteroatoms. The molecule has 1 atom stereocenters. The first-order valence-electron chi connectivity index (χ1n) is 6.65. The van der Waals surface area contributed by atoms with Crippen LogP contribution in [0.5, 0.6) is 5.75 Å². The molecule has 2 aromatic carbocycles. The van der Waals surface area contributed by atoms with Crippen molar-refractivity contribution < 1.29 is 19.4 Å². The summed E-state index contributed by atoms with van der Waals surface area (Å²) in [6.07, 6.45) is -0.217. The number of anilines is 1. The van der Waals surface area contributed by atoms with Gasteiger partial charge >= 0.3 is 0 Å². The summed E-state index contributed by atoms with van der Waals surface area (Å²) in [6, 6.07) is 10.3. The van der Waals surface area contributed by atoms with Crippen molar-refractivity contribution in [3.05, 3.63) is 59.4 Å². The molecule has 21 heavy (non-hydrogen) atoms. The Bertz CT molecular complexity index is 702. The van der Waals surface area contributed by atoms with Crippen LogP contribution in [-0.4, -0.2) is 22.7 Å². The summed E-state index contributed by atoms with van der Waals surface area (Å²) < 4.78 is 13.3. The zero-order valence-corrected chi connectivity index (χ0v) is 11.2. The molecular weight excluding hydrogens is 273 g/mol. The number of hydrogen-bond acceptors (Lipinski definition) is 3. The van der Waals surface area contributed by atoms with Gasteiger partial charge in [-0.25, -0.2) is 4.39 Å². The van der Waals surface area contributed by atoms with Crippen molar-refractivity contribution in [2.75, 3.05) is 11.4 Å². The van der Waals surface area contributed by atoms with Gasteiger partial charge in [-0.2, -0.15) is 0 Å². The van der Waals surface area contributed by atoms with Crippen LogP contribution in [0.1, 0.15) is 28.4 Å². The van der Waals surface area contributed by atoms with Gasteiger partial charge < -0.3 is 15.1 Å². The van der Waals surface area contributed by atoms with Crippen LogP contribution in [0.15, 0.2) is 42.5 Å². The van der Waals surface area contributed by atoms with Gasteiger partial charge in [-0.05, 0) is 30.7 Å². The number of aliphatic hydroxyl groups excluding tert-OH is 1. The lowest BCUT2D eigenvalue weighted by Crippen LogP contribution is -2.36. The van der Waals surface area contributed by atoms with E-state index in [4.69, 9.17) is 0 Å².